The van der Waals surface area contributed by atoms with Crippen molar-refractivity contribution < 1.29 is 13.9 Å². The van der Waals surface area contributed by atoms with Gasteiger partial charge in [-0.1, -0.05) is 11.6 Å². The third-order valence-corrected chi connectivity index (χ3v) is 2.12. The quantitative estimate of drug-likeness (QED) is 0.824. The van der Waals surface area contributed by atoms with Crippen LogP contribution in [0.4, 0.5) is 8.78 Å². The summed E-state index contributed by atoms with van der Waals surface area (Å²) >= 11 is 5.57. The molecule has 0 bridgehead atoms. The molecule has 0 unspecified atom stereocenters. The molecular formula is C9H10ClF2NO. The van der Waals surface area contributed by atoms with Crippen LogP contribution in [-0.4, -0.2) is 11.7 Å². The first-order valence-corrected chi connectivity index (χ1v) is 4.42. The second-order valence-corrected chi connectivity index (χ2v) is 3.31. The topological polar surface area (TPSA) is 46.2 Å². The maximum absolute atomic E-state index is 13.3. The van der Waals surface area contributed by atoms with E-state index in [0.29, 0.717) is 0 Å². The lowest BCUT2D eigenvalue weighted by atomic mass is 10.1. The van der Waals surface area contributed by atoms with E-state index in [4.69, 9.17) is 22.4 Å². The predicted octanol–water partition coefficient (Wildman–Crippen LogP) is 2.49. The van der Waals surface area contributed by atoms with Crippen molar-refractivity contribution in [2.24, 2.45) is 5.73 Å². The second kappa shape index (κ2) is 4.11. The van der Waals surface area contributed by atoms with Crippen LogP contribution in [0.15, 0.2) is 18.2 Å². The van der Waals surface area contributed by atoms with Crippen LogP contribution in [0.2, 0.25) is 5.02 Å². The van der Waals surface area contributed by atoms with E-state index in [1.807, 2.05) is 0 Å². The van der Waals surface area contributed by atoms with Crippen molar-refractivity contribution in [2.45, 2.75) is 12.3 Å². The SMILES string of the molecule is NCCC(F)(F)c1ccc(O)cc1Cl. The van der Waals surface area contributed by atoms with Crippen molar-refractivity contribution >= 4 is 11.6 Å². The molecule has 0 aromatic heterocycles. The molecule has 0 saturated carbocycles. The number of halogens is 3. The molecule has 78 valence electrons. The van der Waals surface area contributed by atoms with Crippen LogP contribution in [0.25, 0.3) is 0 Å². The fourth-order valence-electron chi connectivity index (χ4n) is 1.12. The maximum Gasteiger partial charge on any atom is 0.275 e. The number of phenols is 1. The molecule has 1 aromatic rings. The van der Waals surface area contributed by atoms with Gasteiger partial charge in [0.1, 0.15) is 5.75 Å². The summed E-state index contributed by atoms with van der Waals surface area (Å²) < 4.78 is 26.6. The van der Waals surface area contributed by atoms with Crippen LogP contribution in [0.1, 0.15) is 12.0 Å². The number of aromatic hydroxyl groups is 1. The van der Waals surface area contributed by atoms with Gasteiger partial charge in [-0.25, -0.2) is 8.78 Å². The van der Waals surface area contributed by atoms with Crippen molar-refractivity contribution in [3.8, 4) is 5.75 Å². The molecule has 0 saturated heterocycles. The van der Waals surface area contributed by atoms with Crippen LogP contribution in [0.5, 0.6) is 5.75 Å². The van der Waals surface area contributed by atoms with Gasteiger partial charge < -0.3 is 10.8 Å². The molecule has 1 rings (SSSR count). The van der Waals surface area contributed by atoms with E-state index >= 15 is 0 Å². The van der Waals surface area contributed by atoms with Crippen LogP contribution >= 0.6 is 11.6 Å². The van der Waals surface area contributed by atoms with E-state index in [0.717, 1.165) is 12.1 Å². The first kappa shape index (κ1) is 11.2. The average Bonchev–Trinajstić information content (AvgIpc) is 2.02. The molecule has 0 spiro atoms. The van der Waals surface area contributed by atoms with Gasteiger partial charge in [-0.15, -0.1) is 0 Å². The lowest BCUT2D eigenvalue weighted by Crippen LogP contribution is -2.18. The third-order valence-electron chi connectivity index (χ3n) is 1.81. The summed E-state index contributed by atoms with van der Waals surface area (Å²) in [5.74, 6) is -3.18. The highest BCUT2D eigenvalue weighted by Crippen LogP contribution is 2.37. The van der Waals surface area contributed by atoms with Gasteiger partial charge in [0.05, 0.1) is 5.02 Å². The van der Waals surface area contributed by atoms with Gasteiger partial charge in [-0.05, 0) is 24.7 Å². The summed E-state index contributed by atoms with van der Waals surface area (Å²) in [5.41, 5.74) is 4.76. The molecule has 0 aliphatic carbocycles. The zero-order valence-corrected chi connectivity index (χ0v) is 8.06. The van der Waals surface area contributed by atoms with Gasteiger partial charge in [0, 0.05) is 12.0 Å². The van der Waals surface area contributed by atoms with Crippen LogP contribution in [0.3, 0.4) is 0 Å². The van der Waals surface area contributed by atoms with E-state index < -0.39 is 12.3 Å². The van der Waals surface area contributed by atoms with E-state index in [2.05, 4.69) is 0 Å². The van der Waals surface area contributed by atoms with E-state index in [-0.39, 0.29) is 22.9 Å². The molecule has 0 aliphatic rings. The second-order valence-electron chi connectivity index (χ2n) is 2.91. The van der Waals surface area contributed by atoms with Crippen molar-refractivity contribution in [3.63, 3.8) is 0 Å². The lowest BCUT2D eigenvalue weighted by Gasteiger charge is -2.16. The Labute approximate surface area is 85.3 Å². The first-order valence-electron chi connectivity index (χ1n) is 4.04. The Morgan fingerprint density at radius 2 is 2.07 bits per heavy atom. The highest BCUT2D eigenvalue weighted by molar-refractivity contribution is 6.31. The molecule has 0 amide bonds. The van der Waals surface area contributed by atoms with Gasteiger partial charge in [-0.2, -0.15) is 0 Å². The Balaban J connectivity index is 3.06. The van der Waals surface area contributed by atoms with Gasteiger partial charge >= 0.3 is 0 Å². The number of hydrogen-bond donors (Lipinski definition) is 2. The molecule has 5 heteroatoms. The molecule has 0 radical (unpaired) electrons. The largest absolute Gasteiger partial charge is 0.508 e. The van der Waals surface area contributed by atoms with E-state index in [9.17, 15) is 8.78 Å². The number of nitrogens with two attached hydrogens (primary N) is 1. The van der Waals surface area contributed by atoms with Crippen LogP contribution in [0, 0.1) is 0 Å². The molecule has 0 atom stereocenters. The smallest absolute Gasteiger partial charge is 0.275 e. The lowest BCUT2D eigenvalue weighted by molar-refractivity contribution is -0.0106. The monoisotopic (exact) mass is 221 g/mol. The summed E-state index contributed by atoms with van der Waals surface area (Å²) in [4.78, 5) is 0. The fourth-order valence-corrected chi connectivity index (χ4v) is 1.43. The first-order chi connectivity index (χ1) is 6.47. The summed E-state index contributed by atoms with van der Waals surface area (Å²) in [6.07, 6.45) is -0.461. The summed E-state index contributed by atoms with van der Waals surface area (Å²) in [7, 11) is 0. The van der Waals surface area contributed by atoms with Gasteiger partial charge in [0.2, 0.25) is 0 Å². The van der Waals surface area contributed by atoms with Crippen LogP contribution < -0.4 is 5.73 Å². The Bertz CT molecular complexity index is 331. The summed E-state index contributed by atoms with van der Waals surface area (Å²) in [6, 6.07) is 3.36. The molecule has 2 nitrogen and oxygen atoms in total. The Morgan fingerprint density at radius 1 is 1.43 bits per heavy atom. The fraction of sp³-hybridized carbons (Fsp3) is 0.333. The van der Waals surface area contributed by atoms with Crippen molar-refractivity contribution in [1.82, 2.24) is 0 Å². The van der Waals surface area contributed by atoms with Gasteiger partial charge in [-0.3, -0.25) is 0 Å². The molecule has 0 heterocycles. The minimum Gasteiger partial charge on any atom is -0.508 e. The molecular weight excluding hydrogens is 212 g/mol. The molecule has 0 aliphatic heterocycles. The van der Waals surface area contributed by atoms with Crippen LogP contribution in [-0.2, 0) is 5.92 Å². The van der Waals surface area contributed by atoms with Crippen molar-refractivity contribution in [1.29, 1.82) is 0 Å². The zero-order valence-electron chi connectivity index (χ0n) is 7.30. The van der Waals surface area contributed by atoms with Gasteiger partial charge in [0.25, 0.3) is 5.92 Å². The number of alkyl halides is 2. The minimum atomic E-state index is -3.04. The van der Waals surface area contributed by atoms with Crippen molar-refractivity contribution in [3.05, 3.63) is 28.8 Å². The number of benzene rings is 1. The molecule has 3 N–H and O–H groups in total. The highest BCUT2D eigenvalue weighted by Gasteiger charge is 2.32. The Morgan fingerprint density at radius 3 is 2.57 bits per heavy atom. The maximum atomic E-state index is 13.3. The highest BCUT2D eigenvalue weighted by atomic mass is 35.5. The van der Waals surface area contributed by atoms with Crippen molar-refractivity contribution in [2.75, 3.05) is 6.54 Å². The Hall–Kier alpha value is -0.870. The van der Waals surface area contributed by atoms with E-state index in [1.165, 1.54) is 6.07 Å². The standard InChI is InChI=1S/C9H10ClF2NO/c10-8-5-6(14)1-2-7(8)9(11,12)3-4-13/h1-2,5,14H,3-4,13H2. The predicted molar refractivity (Wildman–Crippen MR) is 50.7 cm³/mol. The molecule has 1 aromatic carbocycles. The van der Waals surface area contributed by atoms with Gasteiger partial charge in [0.15, 0.2) is 0 Å². The molecule has 14 heavy (non-hydrogen) atoms. The minimum absolute atomic E-state index is 0.121. The summed E-state index contributed by atoms with van der Waals surface area (Å²) in [6.45, 7) is -0.121. The average molecular weight is 222 g/mol. The Kier molecular flexibility index (Phi) is 3.29. The normalized spacial score (nSPS) is 11.7. The number of rotatable bonds is 3. The third kappa shape index (κ3) is 2.33. The molecule has 0 fully saturated rings. The number of phenolic OH excluding ortho intramolecular Hbond substituents is 1. The summed E-state index contributed by atoms with van der Waals surface area (Å²) in [5, 5.41) is 8.83. The number of hydrogen-bond acceptors (Lipinski definition) is 2. The zero-order chi connectivity index (χ0) is 10.8. The van der Waals surface area contributed by atoms with E-state index in [1.54, 1.807) is 0 Å².